The molecule has 0 atom stereocenters. The molecule has 272 valence electrons. The number of benzene rings is 9. The van der Waals surface area contributed by atoms with Crippen LogP contribution in [0.2, 0.25) is 0 Å². The first kappa shape index (κ1) is 31.3. The van der Waals surface area contributed by atoms with E-state index in [-0.39, 0.29) is 6.71 Å². The lowest BCUT2D eigenvalue weighted by atomic mass is 9.33. The van der Waals surface area contributed by atoms with E-state index >= 15 is 0 Å². The second-order valence-corrected chi connectivity index (χ2v) is 16.1. The highest BCUT2D eigenvalue weighted by Gasteiger charge is 2.44. The average molecular weight is 749 g/mol. The average Bonchev–Trinajstić information content (AvgIpc) is 3.93. The molecule has 59 heavy (non-hydrogen) atoms. The van der Waals surface area contributed by atoms with Crippen molar-refractivity contribution in [1.82, 2.24) is 8.97 Å². The zero-order chi connectivity index (χ0) is 38.3. The second-order valence-electron chi connectivity index (χ2n) is 16.1. The van der Waals surface area contributed by atoms with E-state index in [1.165, 1.54) is 99.0 Å². The van der Waals surface area contributed by atoms with Gasteiger partial charge in [-0.15, -0.1) is 0 Å². The normalized spacial score (nSPS) is 13.3. The number of hydrogen-bond acceptors (Lipinski definition) is 2. The number of fused-ring (bicyclic) bond motifs is 13. The first-order valence-corrected chi connectivity index (χ1v) is 20.5. The highest BCUT2D eigenvalue weighted by atomic mass is 15.2. The van der Waals surface area contributed by atoms with E-state index in [4.69, 9.17) is 0 Å². The maximum atomic E-state index is 2.54. The largest absolute Gasteiger partial charge is 0.311 e. The standard InChI is InChI=1S/C54H33BN4/c1-4-16-34(17-5-1)56-45-26-12-11-23-38(45)41-30-43-52(33-50(41)56)58(36-20-8-3-9-21-36)48-29-15-28-47-53(48)55(43)44-32-49-42(31-51(44)57(47)35-18-6-2-7-19-35)40-25-14-24-39-37-22-10-13-27-46(37)59(49)54(39)40/h1-33H. The minimum Gasteiger partial charge on any atom is -0.311 e. The molecular formula is C54H33BN4. The van der Waals surface area contributed by atoms with Crippen molar-refractivity contribution in [2.24, 2.45) is 0 Å². The van der Waals surface area contributed by atoms with Gasteiger partial charge in [0.05, 0.1) is 27.6 Å². The molecule has 0 N–H and O–H groups in total. The van der Waals surface area contributed by atoms with Crippen LogP contribution in [0.1, 0.15) is 0 Å². The van der Waals surface area contributed by atoms with Crippen molar-refractivity contribution in [3.8, 4) is 5.69 Å². The fourth-order valence-corrected chi connectivity index (χ4v) is 10.9. The molecule has 0 unspecified atom stereocenters. The van der Waals surface area contributed by atoms with E-state index in [1.54, 1.807) is 0 Å². The van der Waals surface area contributed by atoms with Crippen LogP contribution in [0, 0.1) is 0 Å². The van der Waals surface area contributed by atoms with E-state index in [0.29, 0.717) is 0 Å². The maximum Gasteiger partial charge on any atom is 0.252 e. The Kier molecular flexibility index (Phi) is 6.07. The summed E-state index contributed by atoms with van der Waals surface area (Å²) in [6.07, 6.45) is 0. The Balaban J connectivity index is 1.16. The van der Waals surface area contributed by atoms with Crippen LogP contribution in [0.25, 0.3) is 65.6 Å². The van der Waals surface area contributed by atoms with E-state index < -0.39 is 0 Å². The lowest BCUT2D eigenvalue weighted by Crippen LogP contribution is -2.61. The van der Waals surface area contributed by atoms with Crippen LogP contribution in [-0.2, 0) is 0 Å². The third kappa shape index (κ3) is 4.04. The van der Waals surface area contributed by atoms with Crippen LogP contribution in [0.4, 0.5) is 34.1 Å². The maximum absolute atomic E-state index is 2.54. The molecule has 0 radical (unpaired) electrons. The van der Waals surface area contributed by atoms with Gasteiger partial charge in [0.1, 0.15) is 0 Å². The quantitative estimate of drug-likeness (QED) is 0.167. The topological polar surface area (TPSA) is 15.8 Å². The molecular weight excluding hydrogens is 715 g/mol. The SMILES string of the molecule is c1ccc(N2c3cc4c5cccc6c7ccccc7n(c4cc3B3c4cc7c8ccccc8n(-c8ccccc8)c7cc4N(c4ccccc4)c4cccc2c43)c65)cc1. The summed E-state index contributed by atoms with van der Waals surface area (Å²) < 4.78 is 4.97. The Bertz CT molecular complexity index is 3680. The van der Waals surface area contributed by atoms with E-state index in [9.17, 15) is 0 Å². The van der Waals surface area contributed by atoms with Crippen LogP contribution >= 0.6 is 0 Å². The molecule has 0 saturated carbocycles. The number of aromatic nitrogens is 2. The summed E-state index contributed by atoms with van der Waals surface area (Å²) in [5, 5.41) is 7.68. The van der Waals surface area contributed by atoms with Crippen molar-refractivity contribution >= 4 is 117 Å². The smallest absolute Gasteiger partial charge is 0.252 e. The zero-order valence-electron chi connectivity index (χ0n) is 31.9. The Hall–Kier alpha value is -7.76. The van der Waals surface area contributed by atoms with Crippen molar-refractivity contribution in [2.75, 3.05) is 9.80 Å². The monoisotopic (exact) mass is 748 g/mol. The van der Waals surface area contributed by atoms with Crippen molar-refractivity contribution in [2.45, 2.75) is 0 Å². The summed E-state index contributed by atoms with van der Waals surface area (Å²) >= 11 is 0. The molecule has 0 amide bonds. The van der Waals surface area contributed by atoms with Crippen LogP contribution < -0.4 is 26.2 Å². The van der Waals surface area contributed by atoms with Crippen LogP contribution in [0.3, 0.4) is 0 Å². The third-order valence-corrected chi connectivity index (χ3v) is 13.2. The molecule has 5 heteroatoms. The van der Waals surface area contributed by atoms with E-state index in [0.717, 1.165) is 17.1 Å². The molecule has 2 aliphatic rings. The summed E-state index contributed by atoms with van der Waals surface area (Å²) in [4.78, 5) is 5.03. The van der Waals surface area contributed by atoms with Gasteiger partial charge in [0.15, 0.2) is 0 Å². The lowest BCUT2D eigenvalue weighted by Gasteiger charge is -2.44. The minimum absolute atomic E-state index is 0.0271. The van der Waals surface area contributed by atoms with Crippen molar-refractivity contribution < 1.29 is 0 Å². The number of para-hydroxylation sites is 6. The molecule has 12 aromatic rings. The van der Waals surface area contributed by atoms with Crippen molar-refractivity contribution in [3.63, 3.8) is 0 Å². The molecule has 9 aromatic carbocycles. The van der Waals surface area contributed by atoms with Gasteiger partial charge in [0, 0.05) is 72.1 Å². The molecule has 3 aromatic heterocycles. The number of anilines is 6. The van der Waals surface area contributed by atoms with Crippen molar-refractivity contribution in [3.05, 3.63) is 200 Å². The Labute approximate surface area is 340 Å². The first-order chi connectivity index (χ1) is 29.3. The Morgan fingerprint density at radius 3 is 1.47 bits per heavy atom. The summed E-state index contributed by atoms with van der Waals surface area (Å²) in [6, 6.07) is 74.2. The van der Waals surface area contributed by atoms with Gasteiger partial charge in [-0.3, -0.25) is 0 Å². The Morgan fingerprint density at radius 2 is 0.797 bits per heavy atom. The van der Waals surface area contributed by atoms with Gasteiger partial charge in [-0.25, -0.2) is 0 Å². The highest BCUT2D eigenvalue weighted by Crippen LogP contribution is 2.47. The Morgan fingerprint density at radius 1 is 0.305 bits per heavy atom. The number of rotatable bonds is 3. The van der Waals surface area contributed by atoms with Crippen molar-refractivity contribution in [1.29, 1.82) is 0 Å². The lowest BCUT2D eigenvalue weighted by molar-refractivity contribution is 1.18. The highest BCUT2D eigenvalue weighted by molar-refractivity contribution is 7.00. The summed E-state index contributed by atoms with van der Waals surface area (Å²) in [5.74, 6) is 0. The molecule has 0 aliphatic carbocycles. The van der Waals surface area contributed by atoms with E-state index in [1.807, 2.05) is 0 Å². The first-order valence-electron chi connectivity index (χ1n) is 20.5. The molecule has 4 nitrogen and oxygen atoms in total. The van der Waals surface area contributed by atoms with Crippen LogP contribution in [0.15, 0.2) is 200 Å². The van der Waals surface area contributed by atoms with Gasteiger partial charge in [-0.05, 0) is 95.3 Å². The number of nitrogens with zero attached hydrogens (tertiary/aromatic N) is 4. The molecule has 5 heterocycles. The zero-order valence-corrected chi connectivity index (χ0v) is 31.9. The molecule has 14 rings (SSSR count). The fraction of sp³-hybridized carbons (Fsp3) is 0. The molecule has 0 fully saturated rings. The van der Waals surface area contributed by atoms with Gasteiger partial charge < -0.3 is 18.8 Å². The summed E-state index contributed by atoms with van der Waals surface area (Å²) in [7, 11) is 0. The minimum atomic E-state index is -0.0271. The summed E-state index contributed by atoms with van der Waals surface area (Å²) in [5.41, 5.74) is 18.4. The molecule has 0 bridgehead atoms. The third-order valence-electron chi connectivity index (χ3n) is 13.2. The van der Waals surface area contributed by atoms with Crippen LogP contribution in [-0.4, -0.2) is 15.7 Å². The predicted molar refractivity (Wildman–Crippen MR) is 249 cm³/mol. The van der Waals surface area contributed by atoms with Gasteiger partial charge in [-0.1, -0.05) is 121 Å². The van der Waals surface area contributed by atoms with Gasteiger partial charge in [-0.2, -0.15) is 0 Å². The predicted octanol–water partition coefficient (Wildman–Crippen LogP) is 12.0. The van der Waals surface area contributed by atoms with Gasteiger partial charge >= 0.3 is 0 Å². The number of hydrogen-bond donors (Lipinski definition) is 0. The second kappa shape index (κ2) is 11.4. The molecule has 2 aliphatic heterocycles. The summed E-state index contributed by atoms with van der Waals surface area (Å²) in [6.45, 7) is -0.0271. The van der Waals surface area contributed by atoms with Crippen LogP contribution in [0.5, 0.6) is 0 Å². The van der Waals surface area contributed by atoms with Gasteiger partial charge in [0.2, 0.25) is 0 Å². The van der Waals surface area contributed by atoms with Gasteiger partial charge in [0.25, 0.3) is 6.71 Å². The van der Waals surface area contributed by atoms with E-state index in [2.05, 4.69) is 219 Å². The molecule has 0 spiro atoms. The fourth-order valence-electron chi connectivity index (χ4n) is 10.9. The molecule has 0 saturated heterocycles.